The molecule has 94 valence electrons. The van der Waals surface area contributed by atoms with Gasteiger partial charge in [-0.05, 0) is 41.1 Å². The van der Waals surface area contributed by atoms with E-state index < -0.39 is 5.97 Å². The van der Waals surface area contributed by atoms with Gasteiger partial charge in [0.15, 0.2) is 5.76 Å². The van der Waals surface area contributed by atoms with E-state index in [0.717, 1.165) is 4.47 Å². The molecule has 18 heavy (non-hydrogen) atoms. The normalized spacial score (nSPS) is 10.4. The Morgan fingerprint density at radius 3 is 2.83 bits per heavy atom. The van der Waals surface area contributed by atoms with E-state index in [0.29, 0.717) is 27.6 Å². The van der Waals surface area contributed by atoms with Gasteiger partial charge in [-0.2, -0.15) is 0 Å². The highest BCUT2D eigenvalue weighted by atomic mass is 79.9. The zero-order chi connectivity index (χ0) is 13.3. The second-order valence-corrected chi connectivity index (χ2v) is 4.85. The van der Waals surface area contributed by atoms with Gasteiger partial charge in [0.05, 0.1) is 17.8 Å². The summed E-state index contributed by atoms with van der Waals surface area (Å²) in [6.07, 6.45) is 0. The van der Waals surface area contributed by atoms with Crippen LogP contribution in [0.2, 0.25) is 5.02 Å². The molecule has 0 unspecified atom stereocenters. The Morgan fingerprint density at radius 1 is 1.50 bits per heavy atom. The summed E-state index contributed by atoms with van der Waals surface area (Å²) in [5, 5.41) is 4.31. The van der Waals surface area contributed by atoms with Crippen molar-refractivity contribution in [2.45, 2.75) is 6.92 Å². The van der Waals surface area contributed by atoms with Crippen LogP contribution in [-0.4, -0.2) is 18.2 Å². The highest BCUT2D eigenvalue weighted by Gasteiger charge is 2.22. The second kappa shape index (κ2) is 5.12. The molecule has 1 aromatic carbocycles. The number of methoxy groups -OCH3 is 1. The number of ether oxygens (including phenoxy) is 1. The van der Waals surface area contributed by atoms with Crippen molar-refractivity contribution in [3.63, 3.8) is 0 Å². The van der Waals surface area contributed by atoms with E-state index in [4.69, 9.17) is 20.9 Å². The smallest absolute Gasteiger partial charge is 0.343 e. The molecule has 6 heteroatoms. The fraction of sp³-hybridized carbons (Fsp3) is 0.167. The van der Waals surface area contributed by atoms with Crippen molar-refractivity contribution in [3.05, 3.63) is 39.0 Å². The fourth-order valence-corrected chi connectivity index (χ4v) is 1.97. The first-order chi connectivity index (χ1) is 8.54. The first-order valence-corrected chi connectivity index (χ1v) is 6.21. The third-order valence-electron chi connectivity index (χ3n) is 2.43. The van der Waals surface area contributed by atoms with Crippen molar-refractivity contribution < 1.29 is 14.1 Å². The van der Waals surface area contributed by atoms with Crippen molar-refractivity contribution in [2.24, 2.45) is 0 Å². The van der Waals surface area contributed by atoms with Gasteiger partial charge >= 0.3 is 5.97 Å². The van der Waals surface area contributed by atoms with Gasteiger partial charge in [0.2, 0.25) is 0 Å². The molecule has 0 radical (unpaired) electrons. The van der Waals surface area contributed by atoms with Crippen molar-refractivity contribution in [2.75, 3.05) is 7.11 Å². The standard InChI is InChI=1S/C12H9BrClNO3/c1-6-10(12(16)17-2)11(18-15-6)7-3-4-8(13)9(14)5-7/h3-5H,1-2H3. The van der Waals surface area contributed by atoms with Crippen molar-refractivity contribution in [1.29, 1.82) is 0 Å². The molecule has 0 bridgehead atoms. The number of hydrogen-bond donors (Lipinski definition) is 0. The molecular formula is C12H9BrClNO3. The minimum Gasteiger partial charge on any atom is -0.465 e. The maximum atomic E-state index is 11.7. The van der Waals surface area contributed by atoms with Crippen LogP contribution in [0.4, 0.5) is 0 Å². The van der Waals surface area contributed by atoms with Crippen LogP contribution in [0.3, 0.4) is 0 Å². The molecule has 1 aromatic heterocycles. The molecule has 0 spiro atoms. The minimum atomic E-state index is -0.484. The van der Waals surface area contributed by atoms with Crippen molar-refractivity contribution >= 4 is 33.5 Å². The van der Waals surface area contributed by atoms with Crippen LogP contribution >= 0.6 is 27.5 Å². The van der Waals surface area contributed by atoms with E-state index >= 15 is 0 Å². The Bertz CT molecular complexity index is 609. The molecule has 0 N–H and O–H groups in total. The van der Waals surface area contributed by atoms with E-state index in [-0.39, 0.29) is 0 Å². The molecule has 0 atom stereocenters. The van der Waals surface area contributed by atoms with Crippen LogP contribution in [0.1, 0.15) is 16.1 Å². The third-order valence-corrected chi connectivity index (χ3v) is 3.67. The van der Waals surface area contributed by atoms with Gasteiger partial charge in [0.1, 0.15) is 5.56 Å². The number of aromatic nitrogens is 1. The van der Waals surface area contributed by atoms with Gasteiger partial charge < -0.3 is 9.26 Å². The van der Waals surface area contributed by atoms with Gasteiger partial charge in [-0.15, -0.1) is 0 Å². The largest absolute Gasteiger partial charge is 0.465 e. The fourth-order valence-electron chi connectivity index (χ4n) is 1.55. The summed E-state index contributed by atoms with van der Waals surface area (Å²) in [5.74, 6) is -0.128. The number of nitrogens with zero attached hydrogens (tertiary/aromatic N) is 1. The monoisotopic (exact) mass is 329 g/mol. The Morgan fingerprint density at radius 2 is 2.22 bits per heavy atom. The Hall–Kier alpha value is -1.33. The van der Waals surface area contributed by atoms with Gasteiger partial charge in [-0.1, -0.05) is 16.8 Å². The molecule has 0 fully saturated rings. The molecule has 2 rings (SSSR count). The first-order valence-electron chi connectivity index (χ1n) is 5.04. The summed E-state index contributed by atoms with van der Waals surface area (Å²) in [4.78, 5) is 11.7. The van der Waals surface area contributed by atoms with Crippen LogP contribution in [0.15, 0.2) is 27.2 Å². The van der Waals surface area contributed by atoms with Gasteiger partial charge in [-0.25, -0.2) is 4.79 Å². The topological polar surface area (TPSA) is 52.3 Å². The summed E-state index contributed by atoms with van der Waals surface area (Å²) in [7, 11) is 1.31. The maximum Gasteiger partial charge on any atom is 0.343 e. The predicted molar refractivity (Wildman–Crippen MR) is 70.7 cm³/mol. The van der Waals surface area contributed by atoms with Gasteiger partial charge in [0, 0.05) is 10.0 Å². The lowest BCUT2D eigenvalue weighted by Crippen LogP contribution is -2.03. The Balaban J connectivity index is 2.57. The zero-order valence-electron chi connectivity index (χ0n) is 9.66. The number of halogens is 2. The summed E-state index contributed by atoms with van der Waals surface area (Å²) >= 11 is 9.31. The van der Waals surface area contributed by atoms with Gasteiger partial charge in [0.25, 0.3) is 0 Å². The average Bonchev–Trinajstić information content (AvgIpc) is 2.74. The highest BCUT2D eigenvalue weighted by molar-refractivity contribution is 9.10. The molecule has 0 aliphatic heterocycles. The lowest BCUT2D eigenvalue weighted by molar-refractivity contribution is 0.0600. The number of carbonyl (C=O) groups excluding carboxylic acids is 1. The van der Waals surface area contributed by atoms with E-state index in [1.54, 1.807) is 25.1 Å². The van der Waals surface area contributed by atoms with Crippen LogP contribution in [0.25, 0.3) is 11.3 Å². The van der Waals surface area contributed by atoms with E-state index in [1.807, 2.05) is 0 Å². The maximum absolute atomic E-state index is 11.7. The number of esters is 1. The number of benzene rings is 1. The molecule has 1 heterocycles. The summed E-state index contributed by atoms with van der Waals surface area (Å²) in [5.41, 5.74) is 1.47. The lowest BCUT2D eigenvalue weighted by atomic mass is 10.1. The molecule has 0 saturated heterocycles. The molecular weight excluding hydrogens is 321 g/mol. The predicted octanol–water partition coefficient (Wildman–Crippen LogP) is 3.85. The molecule has 0 aliphatic carbocycles. The number of carbonyl (C=O) groups is 1. The molecule has 0 aliphatic rings. The van der Waals surface area contributed by atoms with Crippen LogP contribution in [0, 0.1) is 6.92 Å². The van der Waals surface area contributed by atoms with E-state index in [2.05, 4.69) is 21.1 Å². The van der Waals surface area contributed by atoms with Crippen molar-refractivity contribution in [1.82, 2.24) is 5.16 Å². The second-order valence-electron chi connectivity index (χ2n) is 3.59. The van der Waals surface area contributed by atoms with E-state index in [9.17, 15) is 4.79 Å². The number of hydrogen-bond acceptors (Lipinski definition) is 4. The van der Waals surface area contributed by atoms with Crippen LogP contribution in [0.5, 0.6) is 0 Å². The summed E-state index contributed by atoms with van der Waals surface area (Å²) in [6.45, 7) is 1.68. The van der Waals surface area contributed by atoms with Gasteiger partial charge in [-0.3, -0.25) is 0 Å². The quantitative estimate of drug-likeness (QED) is 0.785. The first kappa shape index (κ1) is 13.1. The Labute approximate surface area is 117 Å². The minimum absolute atomic E-state index is 0.316. The number of rotatable bonds is 2. The van der Waals surface area contributed by atoms with Crippen LogP contribution in [-0.2, 0) is 4.74 Å². The number of aryl methyl sites for hydroxylation is 1. The summed E-state index contributed by atoms with van der Waals surface area (Å²) < 4.78 is 10.7. The average molecular weight is 331 g/mol. The van der Waals surface area contributed by atoms with E-state index in [1.165, 1.54) is 7.11 Å². The SMILES string of the molecule is COC(=O)c1c(C)noc1-c1ccc(Br)c(Cl)c1. The summed E-state index contributed by atoms with van der Waals surface area (Å²) in [6, 6.07) is 5.25. The molecule has 4 nitrogen and oxygen atoms in total. The van der Waals surface area contributed by atoms with Crippen LogP contribution < -0.4 is 0 Å². The molecule has 0 amide bonds. The third kappa shape index (κ3) is 2.28. The molecule has 0 saturated carbocycles. The highest BCUT2D eigenvalue weighted by Crippen LogP contribution is 2.32. The lowest BCUT2D eigenvalue weighted by Gasteiger charge is -2.02. The Kier molecular flexibility index (Phi) is 3.73. The zero-order valence-corrected chi connectivity index (χ0v) is 12.0. The molecule has 2 aromatic rings. The van der Waals surface area contributed by atoms with Crippen molar-refractivity contribution in [3.8, 4) is 11.3 Å².